The van der Waals surface area contributed by atoms with Gasteiger partial charge in [-0.2, -0.15) is 0 Å². The summed E-state index contributed by atoms with van der Waals surface area (Å²) in [5, 5.41) is 8.93. The normalized spacial score (nSPS) is 26.1. The topological polar surface area (TPSA) is 111 Å². The second-order valence-corrected chi connectivity index (χ2v) is 11.1. The molecule has 0 aromatic heterocycles. The van der Waals surface area contributed by atoms with Crippen molar-refractivity contribution in [2.45, 2.75) is 62.1 Å². The van der Waals surface area contributed by atoms with E-state index in [2.05, 4.69) is 16.0 Å². The van der Waals surface area contributed by atoms with Gasteiger partial charge in [0.1, 0.15) is 12.1 Å². The van der Waals surface area contributed by atoms with Gasteiger partial charge in [-0.1, -0.05) is 49.2 Å². The molecule has 0 radical (unpaired) electrons. The van der Waals surface area contributed by atoms with Crippen LogP contribution in [0.1, 0.15) is 54.8 Å². The Hall–Kier alpha value is -3.72. The first-order chi connectivity index (χ1) is 18.3. The standard InChI is InChI=1S/C29H33N5O4/c1-33-27(38)32-25(36)29(33)16-20-9-10-22(15-21(20)17-29)31-24(35)18-34-23(19-7-3-2-4-8-19)11-14-30-28(26(34)37)12-5-6-13-28/h2-4,7-10,15,23,30H,5-6,11-14,16-18H2,1H3,(H,31,35)(H,32,36,38)/t23-,29-/m0/s1. The van der Waals surface area contributed by atoms with E-state index in [1.165, 1.54) is 4.90 Å². The summed E-state index contributed by atoms with van der Waals surface area (Å²) in [6, 6.07) is 15.0. The van der Waals surface area contributed by atoms with Crippen LogP contribution in [0.5, 0.6) is 0 Å². The van der Waals surface area contributed by atoms with Gasteiger partial charge in [-0.15, -0.1) is 0 Å². The summed E-state index contributed by atoms with van der Waals surface area (Å²) in [5.41, 5.74) is 2.07. The molecule has 3 N–H and O–H groups in total. The maximum Gasteiger partial charge on any atom is 0.324 e. The summed E-state index contributed by atoms with van der Waals surface area (Å²) < 4.78 is 0. The first-order valence-electron chi connectivity index (χ1n) is 13.4. The zero-order valence-corrected chi connectivity index (χ0v) is 21.6. The van der Waals surface area contributed by atoms with E-state index >= 15 is 0 Å². The quantitative estimate of drug-likeness (QED) is 0.542. The Morgan fingerprint density at radius 3 is 2.47 bits per heavy atom. The van der Waals surface area contributed by atoms with Gasteiger partial charge in [0.25, 0.3) is 5.91 Å². The molecule has 2 atom stereocenters. The third-order valence-electron chi connectivity index (χ3n) is 8.93. The molecule has 198 valence electrons. The Bertz CT molecular complexity index is 1310. The first-order valence-corrected chi connectivity index (χ1v) is 13.4. The van der Waals surface area contributed by atoms with E-state index < -0.39 is 11.1 Å². The first kappa shape index (κ1) is 24.6. The average Bonchev–Trinajstić information content (AvgIpc) is 3.57. The summed E-state index contributed by atoms with van der Waals surface area (Å²) in [6.45, 7) is 0.684. The number of carbonyl (C=O) groups excluding carboxylic acids is 4. The molecule has 38 heavy (non-hydrogen) atoms. The zero-order chi connectivity index (χ0) is 26.5. The third-order valence-corrected chi connectivity index (χ3v) is 8.93. The largest absolute Gasteiger partial charge is 0.325 e. The van der Waals surface area contributed by atoms with Gasteiger partial charge in [0.15, 0.2) is 0 Å². The van der Waals surface area contributed by atoms with Crippen molar-refractivity contribution in [1.82, 2.24) is 20.4 Å². The third kappa shape index (κ3) is 3.96. The van der Waals surface area contributed by atoms with Crippen molar-refractivity contribution >= 4 is 29.4 Å². The number of benzene rings is 2. The number of hydrogen-bond donors (Lipinski definition) is 3. The lowest BCUT2D eigenvalue weighted by Crippen LogP contribution is -2.55. The summed E-state index contributed by atoms with van der Waals surface area (Å²) in [5.74, 6) is -0.534. The Kier molecular flexibility index (Phi) is 5.98. The van der Waals surface area contributed by atoms with Crippen molar-refractivity contribution in [3.8, 4) is 0 Å². The van der Waals surface area contributed by atoms with Crippen LogP contribution in [0.4, 0.5) is 10.5 Å². The van der Waals surface area contributed by atoms with Gasteiger partial charge < -0.3 is 20.4 Å². The van der Waals surface area contributed by atoms with Crippen molar-refractivity contribution in [2.24, 2.45) is 0 Å². The van der Waals surface area contributed by atoms with E-state index in [9.17, 15) is 19.2 Å². The molecule has 2 spiro atoms. The van der Waals surface area contributed by atoms with Gasteiger partial charge in [0, 0.05) is 25.6 Å². The number of fused-ring (bicyclic) bond motifs is 1. The number of hydrogen-bond acceptors (Lipinski definition) is 5. The molecule has 9 nitrogen and oxygen atoms in total. The number of carbonyl (C=O) groups is 4. The van der Waals surface area contributed by atoms with Crippen LogP contribution in [0.15, 0.2) is 48.5 Å². The highest BCUT2D eigenvalue weighted by atomic mass is 16.2. The summed E-state index contributed by atoms with van der Waals surface area (Å²) in [4.78, 5) is 55.2. The lowest BCUT2D eigenvalue weighted by atomic mass is 9.95. The lowest BCUT2D eigenvalue weighted by Gasteiger charge is -2.35. The van der Waals surface area contributed by atoms with Crippen LogP contribution in [0, 0.1) is 0 Å². The monoisotopic (exact) mass is 515 g/mol. The number of nitrogens with zero attached hydrogens (tertiary/aromatic N) is 2. The minimum absolute atomic E-state index is 0.00680. The Labute approximate surface area is 221 Å². The minimum Gasteiger partial charge on any atom is -0.325 e. The van der Waals surface area contributed by atoms with Gasteiger partial charge in [0.05, 0.1) is 11.6 Å². The Morgan fingerprint density at radius 1 is 1.03 bits per heavy atom. The molecule has 1 saturated carbocycles. The molecule has 6 rings (SSSR count). The number of urea groups is 1. The molecule has 2 aliphatic carbocycles. The number of rotatable bonds is 4. The van der Waals surface area contributed by atoms with Crippen molar-refractivity contribution < 1.29 is 19.2 Å². The van der Waals surface area contributed by atoms with Crippen LogP contribution in [-0.2, 0) is 27.2 Å². The van der Waals surface area contributed by atoms with Crippen LogP contribution in [0.2, 0.25) is 0 Å². The fraction of sp³-hybridized carbons (Fsp3) is 0.448. The average molecular weight is 516 g/mol. The van der Waals surface area contributed by atoms with E-state index in [-0.39, 0.29) is 36.3 Å². The molecule has 3 fully saturated rings. The molecule has 2 aliphatic heterocycles. The molecule has 2 aromatic rings. The van der Waals surface area contributed by atoms with Crippen LogP contribution in [0.3, 0.4) is 0 Å². The molecule has 2 saturated heterocycles. The molecular weight excluding hydrogens is 482 g/mol. The molecule has 0 unspecified atom stereocenters. The fourth-order valence-corrected chi connectivity index (χ4v) is 6.80. The van der Waals surface area contributed by atoms with Gasteiger partial charge >= 0.3 is 6.03 Å². The van der Waals surface area contributed by atoms with E-state index in [0.717, 1.165) is 55.3 Å². The number of likely N-dealkylation sites (N-methyl/N-ethyl adjacent to an activating group) is 1. The van der Waals surface area contributed by atoms with Crippen LogP contribution in [0.25, 0.3) is 0 Å². The maximum atomic E-state index is 13.9. The molecule has 9 heteroatoms. The predicted molar refractivity (Wildman–Crippen MR) is 141 cm³/mol. The molecule has 4 aliphatic rings. The van der Waals surface area contributed by atoms with E-state index in [1.807, 2.05) is 48.5 Å². The highest BCUT2D eigenvalue weighted by Crippen LogP contribution is 2.39. The molecule has 0 bridgehead atoms. The summed E-state index contributed by atoms with van der Waals surface area (Å²) in [6.07, 6.45) is 5.18. The Balaban J connectivity index is 1.22. The lowest BCUT2D eigenvalue weighted by molar-refractivity contribution is -0.142. The smallest absolute Gasteiger partial charge is 0.324 e. The van der Waals surface area contributed by atoms with Crippen LogP contribution in [-0.4, -0.2) is 64.8 Å². The van der Waals surface area contributed by atoms with Crippen molar-refractivity contribution in [3.05, 3.63) is 65.2 Å². The summed E-state index contributed by atoms with van der Waals surface area (Å²) in [7, 11) is 1.64. The second kappa shape index (κ2) is 9.23. The molecule has 5 amide bonds. The van der Waals surface area contributed by atoms with Crippen LogP contribution < -0.4 is 16.0 Å². The van der Waals surface area contributed by atoms with Gasteiger partial charge in [-0.25, -0.2) is 4.79 Å². The Morgan fingerprint density at radius 2 is 1.76 bits per heavy atom. The highest BCUT2D eigenvalue weighted by Gasteiger charge is 2.54. The number of nitrogens with one attached hydrogen (secondary N) is 3. The van der Waals surface area contributed by atoms with Crippen LogP contribution >= 0.6 is 0 Å². The number of imide groups is 1. The highest BCUT2D eigenvalue weighted by molar-refractivity contribution is 6.07. The molecule has 2 aromatic carbocycles. The van der Waals surface area contributed by atoms with Crippen molar-refractivity contribution in [2.75, 3.05) is 25.5 Å². The van der Waals surface area contributed by atoms with Gasteiger partial charge in [0.2, 0.25) is 11.8 Å². The maximum absolute atomic E-state index is 13.9. The van der Waals surface area contributed by atoms with Gasteiger partial charge in [-0.05, 0) is 54.6 Å². The zero-order valence-electron chi connectivity index (χ0n) is 21.6. The minimum atomic E-state index is -0.911. The van der Waals surface area contributed by atoms with Crippen molar-refractivity contribution in [1.29, 1.82) is 0 Å². The van der Waals surface area contributed by atoms with Crippen molar-refractivity contribution in [3.63, 3.8) is 0 Å². The van der Waals surface area contributed by atoms with E-state index in [0.29, 0.717) is 18.5 Å². The summed E-state index contributed by atoms with van der Waals surface area (Å²) >= 11 is 0. The fourth-order valence-electron chi connectivity index (χ4n) is 6.80. The second-order valence-electron chi connectivity index (χ2n) is 11.1. The number of anilines is 1. The molecular formula is C29H33N5O4. The van der Waals surface area contributed by atoms with Gasteiger partial charge in [-0.3, -0.25) is 19.7 Å². The molecule has 2 heterocycles. The van der Waals surface area contributed by atoms with E-state index in [4.69, 9.17) is 0 Å². The predicted octanol–water partition coefficient (Wildman–Crippen LogP) is 2.52. The SMILES string of the molecule is CN1C(=O)NC(=O)[C@@]12Cc1ccc(NC(=O)CN3C(=O)C4(CCCC4)NCC[C@H]3c3ccccc3)cc1C2. The number of amides is 5. The van der Waals surface area contributed by atoms with E-state index in [1.54, 1.807) is 11.9 Å².